The highest BCUT2D eigenvalue weighted by atomic mass is 16.5. The summed E-state index contributed by atoms with van der Waals surface area (Å²) in [6, 6.07) is 6.95. The van der Waals surface area contributed by atoms with Crippen LogP contribution in [0.3, 0.4) is 0 Å². The van der Waals surface area contributed by atoms with Gasteiger partial charge in [-0.2, -0.15) is 0 Å². The number of nitrogens with one attached hydrogen (secondary N) is 1. The second kappa shape index (κ2) is 4.65. The average Bonchev–Trinajstić information content (AvgIpc) is 2.78. The summed E-state index contributed by atoms with van der Waals surface area (Å²) >= 11 is 0. The van der Waals surface area contributed by atoms with E-state index in [0.29, 0.717) is 5.75 Å². The summed E-state index contributed by atoms with van der Waals surface area (Å²) in [6.07, 6.45) is 0. The quantitative estimate of drug-likeness (QED) is 0.815. The Bertz CT molecular complexity index is 519. The highest BCUT2D eigenvalue weighted by molar-refractivity contribution is 5.94. The average molecular weight is 233 g/mol. The third-order valence-electron chi connectivity index (χ3n) is 2.14. The lowest BCUT2D eigenvalue weighted by Gasteiger charge is -2.04. The van der Waals surface area contributed by atoms with Crippen LogP contribution in [0, 0.1) is 0 Å². The molecule has 0 radical (unpaired) electrons. The van der Waals surface area contributed by atoms with Crippen LogP contribution in [0.15, 0.2) is 24.3 Å². The van der Waals surface area contributed by atoms with Crippen LogP contribution in [0.4, 0.5) is 0 Å². The van der Waals surface area contributed by atoms with Crippen molar-refractivity contribution in [3.8, 4) is 17.4 Å². The van der Waals surface area contributed by atoms with Crippen molar-refractivity contribution in [2.45, 2.75) is 6.92 Å². The maximum atomic E-state index is 11.2. The fraction of sp³-hybridized carbons (Fsp3) is 0.182. The molecule has 0 aliphatic heterocycles. The van der Waals surface area contributed by atoms with Gasteiger partial charge in [-0.15, -0.1) is 0 Å². The minimum Gasteiger partial charge on any atom is -0.497 e. The smallest absolute Gasteiger partial charge is 0.269 e. The summed E-state index contributed by atoms with van der Waals surface area (Å²) in [5.41, 5.74) is 0.251. The van der Waals surface area contributed by atoms with Gasteiger partial charge in [0.1, 0.15) is 11.5 Å². The molecular weight excluding hydrogens is 222 g/mol. The number of benzene rings is 1. The predicted molar refractivity (Wildman–Crippen MR) is 59.5 cm³/mol. The van der Waals surface area contributed by atoms with Gasteiger partial charge in [-0.1, -0.05) is 10.3 Å². The van der Waals surface area contributed by atoms with E-state index in [2.05, 4.69) is 15.4 Å². The van der Waals surface area contributed by atoms with Crippen molar-refractivity contribution in [3.63, 3.8) is 0 Å². The molecule has 1 aromatic heterocycles. The number of aromatic nitrogens is 3. The molecule has 0 atom stereocenters. The zero-order chi connectivity index (χ0) is 12.3. The Labute approximate surface area is 97.6 Å². The van der Waals surface area contributed by atoms with E-state index < -0.39 is 0 Å². The molecule has 1 N–H and O–H groups in total. The third-order valence-corrected chi connectivity index (χ3v) is 2.14. The first-order valence-corrected chi connectivity index (χ1v) is 4.94. The van der Waals surface area contributed by atoms with Crippen LogP contribution in [0.2, 0.25) is 0 Å². The number of ketones is 1. The Morgan fingerprint density at radius 1 is 1.24 bits per heavy atom. The summed E-state index contributed by atoms with van der Waals surface area (Å²) < 4.78 is 10.5. The lowest BCUT2D eigenvalue weighted by atomic mass is 10.3. The number of nitrogens with zero attached hydrogens (tertiary/aromatic N) is 2. The summed E-state index contributed by atoms with van der Waals surface area (Å²) in [4.78, 5) is 11.2. The fourth-order valence-corrected chi connectivity index (χ4v) is 1.27. The second-order valence-electron chi connectivity index (χ2n) is 3.33. The van der Waals surface area contributed by atoms with E-state index in [0.717, 1.165) is 5.75 Å². The highest BCUT2D eigenvalue weighted by Crippen LogP contribution is 2.23. The van der Waals surface area contributed by atoms with Crippen molar-refractivity contribution in [2.75, 3.05) is 7.11 Å². The Morgan fingerprint density at radius 3 is 2.47 bits per heavy atom. The summed E-state index contributed by atoms with van der Waals surface area (Å²) in [5.74, 6) is 1.27. The summed E-state index contributed by atoms with van der Waals surface area (Å²) in [7, 11) is 1.58. The van der Waals surface area contributed by atoms with Crippen LogP contribution in [0.5, 0.6) is 17.4 Å². The van der Waals surface area contributed by atoms with Crippen molar-refractivity contribution < 1.29 is 14.3 Å². The van der Waals surface area contributed by atoms with Gasteiger partial charge in [0.25, 0.3) is 5.88 Å². The van der Waals surface area contributed by atoms with Gasteiger partial charge in [-0.05, 0) is 24.3 Å². The first kappa shape index (κ1) is 11.1. The maximum Gasteiger partial charge on any atom is 0.269 e. The number of hydrogen-bond acceptors (Lipinski definition) is 5. The molecule has 2 aromatic rings. The molecule has 6 nitrogen and oxygen atoms in total. The Kier molecular flexibility index (Phi) is 3.04. The number of methoxy groups -OCH3 is 1. The molecule has 2 rings (SSSR count). The molecule has 1 aromatic carbocycles. The van der Waals surface area contributed by atoms with E-state index in [-0.39, 0.29) is 17.4 Å². The van der Waals surface area contributed by atoms with E-state index in [1.807, 2.05) is 0 Å². The van der Waals surface area contributed by atoms with Gasteiger partial charge >= 0.3 is 0 Å². The molecule has 0 amide bonds. The van der Waals surface area contributed by atoms with Crippen molar-refractivity contribution in [3.05, 3.63) is 30.0 Å². The molecule has 1 heterocycles. The van der Waals surface area contributed by atoms with E-state index in [1.54, 1.807) is 31.4 Å². The first-order chi connectivity index (χ1) is 8.20. The van der Waals surface area contributed by atoms with Gasteiger partial charge in [-0.3, -0.25) is 9.89 Å². The molecule has 0 saturated heterocycles. The highest BCUT2D eigenvalue weighted by Gasteiger charge is 2.13. The fourth-order valence-electron chi connectivity index (χ4n) is 1.27. The number of Topliss-reactive ketones (excluding diaryl/α,β-unsaturated/α-hetero) is 1. The SMILES string of the molecule is COc1ccc(Oc2nn[nH]c2C(C)=O)cc1. The predicted octanol–water partition coefficient (Wildman–Crippen LogP) is 1.81. The summed E-state index contributed by atoms with van der Waals surface area (Å²) in [5, 5.41) is 9.71. The summed E-state index contributed by atoms with van der Waals surface area (Å²) in [6.45, 7) is 1.41. The number of ether oxygens (including phenoxy) is 2. The number of aromatic amines is 1. The molecular formula is C11H11N3O3. The Morgan fingerprint density at radius 2 is 1.88 bits per heavy atom. The molecule has 0 fully saturated rings. The molecule has 88 valence electrons. The van der Waals surface area contributed by atoms with Crippen LogP contribution >= 0.6 is 0 Å². The van der Waals surface area contributed by atoms with Gasteiger partial charge in [-0.25, -0.2) is 0 Å². The van der Waals surface area contributed by atoms with Crippen molar-refractivity contribution in [1.82, 2.24) is 15.4 Å². The molecule has 0 aliphatic carbocycles. The molecule has 17 heavy (non-hydrogen) atoms. The van der Waals surface area contributed by atoms with Gasteiger partial charge in [0.15, 0.2) is 11.5 Å². The van der Waals surface area contributed by atoms with Gasteiger partial charge in [0, 0.05) is 6.92 Å². The monoisotopic (exact) mass is 233 g/mol. The standard InChI is InChI=1S/C11H11N3O3/c1-7(15)10-11(13-14-12-10)17-9-5-3-8(16-2)4-6-9/h3-6H,1-2H3,(H,12,13,14). The van der Waals surface area contributed by atoms with E-state index in [9.17, 15) is 4.79 Å². The van der Waals surface area contributed by atoms with E-state index >= 15 is 0 Å². The molecule has 0 saturated carbocycles. The first-order valence-electron chi connectivity index (χ1n) is 4.94. The minimum atomic E-state index is -0.182. The zero-order valence-electron chi connectivity index (χ0n) is 9.43. The van der Waals surface area contributed by atoms with E-state index in [4.69, 9.17) is 9.47 Å². The van der Waals surface area contributed by atoms with E-state index in [1.165, 1.54) is 6.92 Å². The van der Waals surface area contributed by atoms with Crippen molar-refractivity contribution >= 4 is 5.78 Å². The lowest BCUT2D eigenvalue weighted by molar-refractivity contribution is 0.101. The van der Waals surface area contributed by atoms with Gasteiger partial charge in [0.2, 0.25) is 0 Å². The number of carbonyl (C=O) groups is 1. The number of hydrogen-bond donors (Lipinski definition) is 1. The topological polar surface area (TPSA) is 77.1 Å². The maximum absolute atomic E-state index is 11.2. The molecule has 0 aliphatic rings. The zero-order valence-corrected chi connectivity index (χ0v) is 9.43. The normalized spacial score (nSPS) is 10.0. The third kappa shape index (κ3) is 2.41. The van der Waals surface area contributed by atoms with Crippen LogP contribution in [-0.2, 0) is 0 Å². The van der Waals surface area contributed by atoms with Gasteiger partial charge in [0.05, 0.1) is 7.11 Å². The Balaban J connectivity index is 2.19. The Hall–Kier alpha value is -2.37. The lowest BCUT2D eigenvalue weighted by Crippen LogP contribution is -1.96. The number of rotatable bonds is 4. The molecule has 0 unspecified atom stereocenters. The van der Waals surface area contributed by atoms with Crippen LogP contribution < -0.4 is 9.47 Å². The van der Waals surface area contributed by atoms with Crippen LogP contribution in [-0.4, -0.2) is 28.3 Å². The van der Waals surface area contributed by atoms with Crippen molar-refractivity contribution in [2.24, 2.45) is 0 Å². The van der Waals surface area contributed by atoms with Crippen molar-refractivity contribution in [1.29, 1.82) is 0 Å². The van der Waals surface area contributed by atoms with Gasteiger partial charge < -0.3 is 9.47 Å². The second-order valence-corrected chi connectivity index (χ2v) is 3.33. The largest absolute Gasteiger partial charge is 0.497 e. The molecule has 6 heteroatoms. The van der Waals surface area contributed by atoms with Crippen LogP contribution in [0.25, 0.3) is 0 Å². The molecule has 0 bridgehead atoms. The minimum absolute atomic E-state index is 0.169. The molecule has 0 spiro atoms. The number of carbonyl (C=O) groups excluding carboxylic acids is 1. The van der Waals surface area contributed by atoms with Crippen LogP contribution in [0.1, 0.15) is 17.4 Å². The number of H-pyrrole nitrogens is 1.